The third-order valence-electron chi connectivity index (χ3n) is 2.53. The van der Waals surface area contributed by atoms with Crippen molar-refractivity contribution in [3.8, 4) is 0 Å². The van der Waals surface area contributed by atoms with Crippen LogP contribution in [0.2, 0.25) is 10.0 Å². The van der Waals surface area contributed by atoms with Gasteiger partial charge < -0.3 is 5.11 Å². The first kappa shape index (κ1) is 14.1. The van der Waals surface area contributed by atoms with E-state index in [-0.39, 0.29) is 10.6 Å². The van der Waals surface area contributed by atoms with E-state index >= 15 is 0 Å². The number of aliphatic hydroxyl groups is 1. The average molecular weight is 397 g/mol. The maximum Gasteiger partial charge on any atom is 0.130 e. The van der Waals surface area contributed by atoms with Crippen LogP contribution in [0.3, 0.4) is 0 Å². The number of hydrogen-bond donors (Lipinski definition) is 1. The predicted molar refractivity (Wildman–Crippen MR) is 79.6 cm³/mol. The first-order valence-corrected chi connectivity index (χ1v) is 6.91. The molecule has 2 aromatic rings. The number of aliphatic hydroxyl groups excluding tert-OH is 1. The fourth-order valence-corrected chi connectivity index (χ4v) is 2.73. The van der Waals surface area contributed by atoms with Gasteiger partial charge in [-0.05, 0) is 58.5 Å². The summed E-state index contributed by atoms with van der Waals surface area (Å²) in [5.41, 5.74) is 0.606. The summed E-state index contributed by atoms with van der Waals surface area (Å²) >= 11 is 13.9. The molecule has 0 fully saturated rings. The van der Waals surface area contributed by atoms with E-state index in [1.807, 2.05) is 0 Å². The highest BCUT2D eigenvalue weighted by molar-refractivity contribution is 14.1. The monoisotopic (exact) mass is 396 g/mol. The molecule has 18 heavy (non-hydrogen) atoms. The van der Waals surface area contributed by atoms with Gasteiger partial charge in [0.15, 0.2) is 0 Å². The molecule has 2 aromatic carbocycles. The van der Waals surface area contributed by atoms with E-state index in [9.17, 15) is 9.50 Å². The van der Waals surface area contributed by atoms with E-state index in [4.69, 9.17) is 23.2 Å². The van der Waals surface area contributed by atoms with Crippen LogP contribution in [0.5, 0.6) is 0 Å². The lowest BCUT2D eigenvalue weighted by molar-refractivity contribution is 0.214. The van der Waals surface area contributed by atoms with Crippen LogP contribution in [0.1, 0.15) is 17.2 Å². The molecule has 0 heterocycles. The first-order valence-electron chi connectivity index (χ1n) is 5.07. The molecule has 1 unspecified atom stereocenters. The van der Waals surface area contributed by atoms with Gasteiger partial charge in [0.05, 0.1) is 0 Å². The second-order valence-electron chi connectivity index (χ2n) is 3.70. The molecule has 0 bridgehead atoms. The summed E-state index contributed by atoms with van der Waals surface area (Å²) in [6.45, 7) is 0. The van der Waals surface area contributed by atoms with Gasteiger partial charge in [-0.1, -0.05) is 29.3 Å². The van der Waals surface area contributed by atoms with Crippen molar-refractivity contribution in [1.82, 2.24) is 0 Å². The Morgan fingerprint density at radius 1 is 1.17 bits per heavy atom. The zero-order valence-electron chi connectivity index (χ0n) is 9.00. The predicted octanol–water partition coefficient (Wildman–Crippen LogP) is 4.82. The highest BCUT2D eigenvalue weighted by Gasteiger charge is 2.20. The van der Waals surface area contributed by atoms with Crippen molar-refractivity contribution in [1.29, 1.82) is 0 Å². The van der Waals surface area contributed by atoms with Gasteiger partial charge in [0, 0.05) is 19.2 Å². The molecule has 0 saturated carbocycles. The molecule has 2 rings (SSSR count). The van der Waals surface area contributed by atoms with E-state index in [2.05, 4.69) is 22.6 Å². The van der Waals surface area contributed by atoms with E-state index in [1.165, 1.54) is 12.1 Å². The van der Waals surface area contributed by atoms with Crippen molar-refractivity contribution in [2.45, 2.75) is 6.10 Å². The van der Waals surface area contributed by atoms with Crippen LogP contribution in [-0.4, -0.2) is 5.11 Å². The Balaban J connectivity index is 2.54. The summed E-state index contributed by atoms with van der Waals surface area (Å²) < 4.78 is 14.5. The SMILES string of the molecule is OC(c1cc(Cl)ccc1I)c1c(F)cccc1Cl. The Labute approximate surface area is 128 Å². The third-order valence-corrected chi connectivity index (χ3v) is 4.07. The molecule has 1 N–H and O–H groups in total. The van der Waals surface area contributed by atoms with Crippen LogP contribution < -0.4 is 0 Å². The molecule has 0 aromatic heterocycles. The second kappa shape index (κ2) is 5.74. The fraction of sp³-hybridized carbons (Fsp3) is 0.0769. The summed E-state index contributed by atoms with van der Waals surface area (Å²) in [4.78, 5) is 0. The smallest absolute Gasteiger partial charge is 0.130 e. The molecule has 0 aliphatic heterocycles. The lowest BCUT2D eigenvalue weighted by atomic mass is 10.0. The number of halogens is 4. The molecule has 0 aliphatic carbocycles. The van der Waals surface area contributed by atoms with Crippen LogP contribution in [0.4, 0.5) is 4.39 Å². The highest BCUT2D eigenvalue weighted by Crippen LogP contribution is 2.33. The summed E-state index contributed by atoms with van der Waals surface area (Å²) in [5.74, 6) is -0.536. The molecular formula is C13H8Cl2FIO. The number of hydrogen-bond acceptors (Lipinski definition) is 1. The minimum atomic E-state index is -1.13. The van der Waals surface area contributed by atoms with Crippen LogP contribution in [-0.2, 0) is 0 Å². The number of benzene rings is 2. The van der Waals surface area contributed by atoms with Gasteiger partial charge in [0.2, 0.25) is 0 Å². The summed E-state index contributed by atoms with van der Waals surface area (Å²) in [5, 5.41) is 10.9. The lowest BCUT2D eigenvalue weighted by Gasteiger charge is -2.15. The van der Waals surface area contributed by atoms with E-state index in [0.717, 1.165) is 3.57 Å². The van der Waals surface area contributed by atoms with Gasteiger partial charge in [-0.25, -0.2) is 4.39 Å². The maximum absolute atomic E-state index is 13.7. The molecule has 0 saturated heterocycles. The normalized spacial score (nSPS) is 12.5. The van der Waals surface area contributed by atoms with Crippen LogP contribution >= 0.6 is 45.8 Å². The van der Waals surface area contributed by atoms with Crippen molar-refractivity contribution >= 4 is 45.8 Å². The zero-order chi connectivity index (χ0) is 13.3. The molecule has 0 radical (unpaired) electrons. The van der Waals surface area contributed by atoms with Gasteiger partial charge >= 0.3 is 0 Å². The van der Waals surface area contributed by atoms with Crippen molar-refractivity contribution in [3.63, 3.8) is 0 Å². The van der Waals surface area contributed by atoms with Crippen LogP contribution in [0.25, 0.3) is 0 Å². The van der Waals surface area contributed by atoms with Crippen molar-refractivity contribution in [2.75, 3.05) is 0 Å². The summed E-state index contributed by atoms with van der Waals surface area (Å²) in [7, 11) is 0. The largest absolute Gasteiger partial charge is 0.383 e. The van der Waals surface area contributed by atoms with Crippen LogP contribution in [0.15, 0.2) is 36.4 Å². The summed E-state index contributed by atoms with van der Waals surface area (Å²) in [6, 6.07) is 9.38. The Morgan fingerprint density at radius 3 is 2.56 bits per heavy atom. The molecule has 1 nitrogen and oxygen atoms in total. The topological polar surface area (TPSA) is 20.2 Å². The van der Waals surface area contributed by atoms with Crippen molar-refractivity contribution < 1.29 is 9.50 Å². The van der Waals surface area contributed by atoms with E-state index in [0.29, 0.717) is 10.6 Å². The van der Waals surface area contributed by atoms with Gasteiger partial charge in [-0.15, -0.1) is 0 Å². The highest BCUT2D eigenvalue weighted by atomic mass is 127. The summed E-state index contributed by atoms with van der Waals surface area (Å²) in [6.07, 6.45) is -1.13. The Hall–Kier alpha value is -0.360. The average Bonchev–Trinajstić information content (AvgIpc) is 2.32. The minimum absolute atomic E-state index is 0.0688. The van der Waals surface area contributed by atoms with E-state index < -0.39 is 11.9 Å². The Kier molecular flexibility index (Phi) is 4.48. The molecule has 5 heteroatoms. The molecule has 94 valence electrons. The van der Waals surface area contributed by atoms with Gasteiger partial charge in [-0.2, -0.15) is 0 Å². The Morgan fingerprint density at radius 2 is 1.89 bits per heavy atom. The molecular weight excluding hydrogens is 389 g/mol. The molecule has 0 amide bonds. The van der Waals surface area contributed by atoms with E-state index in [1.54, 1.807) is 24.3 Å². The molecule has 0 aliphatic rings. The van der Waals surface area contributed by atoms with Gasteiger partial charge in [0.25, 0.3) is 0 Å². The Bertz CT molecular complexity index is 569. The number of rotatable bonds is 2. The van der Waals surface area contributed by atoms with Crippen molar-refractivity contribution in [3.05, 3.63) is 67.0 Å². The second-order valence-corrected chi connectivity index (χ2v) is 5.71. The first-order chi connectivity index (χ1) is 8.50. The van der Waals surface area contributed by atoms with Gasteiger partial charge in [0.1, 0.15) is 11.9 Å². The standard InChI is InChI=1S/C13H8Cl2FIO/c14-7-4-5-11(17)8(6-7)13(18)12-9(15)2-1-3-10(12)16/h1-6,13,18H. The quantitative estimate of drug-likeness (QED) is 0.721. The lowest BCUT2D eigenvalue weighted by Crippen LogP contribution is -2.05. The van der Waals surface area contributed by atoms with Crippen molar-refractivity contribution in [2.24, 2.45) is 0 Å². The molecule has 1 atom stereocenters. The molecule has 0 spiro atoms. The van der Waals surface area contributed by atoms with Gasteiger partial charge in [-0.3, -0.25) is 0 Å². The van der Waals surface area contributed by atoms with Crippen LogP contribution in [0, 0.1) is 9.39 Å². The minimum Gasteiger partial charge on any atom is -0.383 e. The zero-order valence-corrected chi connectivity index (χ0v) is 12.7. The fourth-order valence-electron chi connectivity index (χ4n) is 1.65. The third kappa shape index (κ3) is 2.79. The maximum atomic E-state index is 13.7.